The highest BCUT2D eigenvalue weighted by atomic mass is 17.2. The third-order valence-corrected chi connectivity index (χ3v) is 3.46. The zero-order chi connectivity index (χ0) is 15.5. The Bertz CT molecular complexity index is 563. The molecule has 0 heterocycles. The van der Waals surface area contributed by atoms with E-state index in [0.717, 1.165) is 5.75 Å². The highest BCUT2D eigenvalue weighted by Gasteiger charge is 2.22. The first-order valence-electron chi connectivity index (χ1n) is 7.31. The van der Waals surface area contributed by atoms with Crippen LogP contribution in [0.15, 0.2) is 54.6 Å². The number of benzene rings is 2. The molecular formula is C19H24O2. The Hall–Kier alpha value is -1.80. The predicted octanol–water partition coefficient (Wildman–Crippen LogP) is 5.12. The van der Waals surface area contributed by atoms with Gasteiger partial charge in [0.1, 0.15) is 5.60 Å². The predicted molar refractivity (Wildman–Crippen MR) is 86.5 cm³/mol. The summed E-state index contributed by atoms with van der Waals surface area (Å²) in [4.78, 5) is 10.7. The van der Waals surface area contributed by atoms with Crippen LogP contribution in [-0.4, -0.2) is 5.60 Å². The molecule has 0 spiro atoms. The van der Waals surface area contributed by atoms with Gasteiger partial charge in [-0.05, 0) is 44.0 Å². The first kappa shape index (κ1) is 15.6. The van der Waals surface area contributed by atoms with Crippen LogP contribution >= 0.6 is 0 Å². The minimum atomic E-state index is -0.317. The molecule has 0 aliphatic rings. The van der Waals surface area contributed by atoms with Crippen molar-refractivity contribution < 1.29 is 9.78 Å². The first-order chi connectivity index (χ1) is 9.79. The van der Waals surface area contributed by atoms with Crippen molar-refractivity contribution in [3.63, 3.8) is 0 Å². The lowest BCUT2D eigenvalue weighted by Gasteiger charge is -2.26. The van der Waals surface area contributed by atoms with Crippen LogP contribution in [0.1, 0.15) is 45.7 Å². The summed E-state index contributed by atoms with van der Waals surface area (Å²) < 4.78 is 0. The molecule has 21 heavy (non-hydrogen) atoms. The molecule has 0 bridgehead atoms. The van der Waals surface area contributed by atoms with E-state index in [2.05, 4.69) is 50.2 Å². The van der Waals surface area contributed by atoms with E-state index in [1.54, 1.807) is 0 Å². The fourth-order valence-electron chi connectivity index (χ4n) is 2.12. The van der Waals surface area contributed by atoms with Crippen LogP contribution in [0.5, 0.6) is 5.75 Å². The first-order valence-corrected chi connectivity index (χ1v) is 7.31. The van der Waals surface area contributed by atoms with Gasteiger partial charge in [0.05, 0.1) is 0 Å². The fraction of sp³-hybridized carbons (Fsp3) is 0.368. The monoisotopic (exact) mass is 284 g/mol. The average molecular weight is 284 g/mol. The zero-order valence-corrected chi connectivity index (χ0v) is 13.5. The van der Waals surface area contributed by atoms with Crippen LogP contribution in [0.3, 0.4) is 0 Å². The van der Waals surface area contributed by atoms with Crippen LogP contribution in [0.2, 0.25) is 0 Å². The Balaban J connectivity index is 2.15. The van der Waals surface area contributed by atoms with Crippen molar-refractivity contribution in [2.45, 2.75) is 45.6 Å². The molecule has 2 nitrogen and oxygen atoms in total. The normalized spacial score (nSPS) is 12.2. The molecule has 0 aromatic heterocycles. The Morgan fingerprint density at radius 2 is 1.19 bits per heavy atom. The number of rotatable bonds is 4. The van der Waals surface area contributed by atoms with Crippen molar-refractivity contribution >= 4 is 0 Å². The molecule has 0 atom stereocenters. The zero-order valence-electron chi connectivity index (χ0n) is 13.5. The van der Waals surface area contributed by atoms with E-state index in [1.165, 1.54) is 11.1 Å². The molecule has 112 valence electrons. The van der Waals surface area contributed by atoms with E-state index in [9.17, 15) is 0 Å². The van der Waals surface area contributed by atoms with Crippen LogP contribution in [0, 0.1) is 0 Å². The van der Waals surface area contributed by atoms with Crippen molar-refractivity contribution in [3.8, 4) is 5.75 Å². The second kappa shape index (κ2) is 5.90. The highest BCUT2D eigenvalue weighted by molar-refractivity contribution is 5.39. The Morgan fingerprint density at radius 1 is 0.667 bits per heavy atom. The Labute approximate surface area is 127 Å². The fourth-order valence-corrected chi connectivity index (χ4v) is 2.12. The van der Waals surface area contributed by atoms with Crippen LogP contribution in [0.25, 0.3) is 0 Å². The maximum absolute atomic E-state index is 5.34. The standard InChI is InChI=1S/C19H24O2/c1-18(2,3)21-20-17-13-11-16(12-14-17)19(4,5)15-9-7-6-8-10-15/h6-14H,1-5H3. The molecule has 0 fully saturated rings. The smallest absolute Gasteiger partial charge is 0.165 e. The molecule has 0 saturated carbocycles. The van der Waals surface area contributed by atoms with Gasteiger partial charge in [-0.1, -0.05) is 56.3 Å². The summed E-state index contributed by atoms with van der Waals surface area (Å²) in [6.07, 6.45) is 0. The summed E-state index contributed by atoms with van der Waals surface area (Å²) in [6.45, 7) is 10.3. The van der Waals surface area contributed by atoms with E-state index in [0.29, 0.717) is 0 Å². The lowest BCUT2D eigenvalue weighted by atomic mass is 9.78. The van der Waals surface area contributed by atoms with Gasteiger partial charge in [-0.2, -0.15) is 4.89 Å². The molecule has 0 saturated heterocycles. The maximum Gasteiger partial charge on any atom is 0.165 e. The van der Waals surface area contributed by atoms with Crippen LogP contribution in [-0.2, 0) is 10.3 Å². The van der Waals surface area contributed by atoms with E-state index < -0.39 is 0 Å². The molecule has 2 aromatic rings. The van der Waals surface area contributed by atoms with Gasteiger partial charge in [0.25, 0.3) is 0 Å². The van der Waals surface area contributed by atoms with Crippen LogP contribution < -0.4 is 4.89 Å². The van der Waals surface area contributed by atoms with E-state index >= 15 is 0 Å². The second-order valence-corrected chi connectivity index (χ2v) is 6.79. The molecule has 0 aliphatic heterocycles. The Kier molecular flexibility index (Phi) is 4.38. The van der Waals surface area contributed by atoms with Gasteiger partial charge in [-0.15, -0.1) is 0 Å². The minimum absolute atomic E-state index is 0.0370. The summed E-state index contributed by atoms with van der Waals surface area (Å²) in [5.41, 5.74) is 2.19. The van der Waals surface area contributed by atoms with Gasteiger partial charge < -0.3 is 4.89 Å². The largest absolute Gasteiger partial charge is 0.337 e. The van der Waals surface area contributed by atoms with Crippen LogP contribution in [0.4, 0.5) is 0 Å². The molecule has 0 aliphatic carbocycles. The minimum Gasteiger partial charge on any atom is -0.337 e. The molecule has 2 rings (SSSR count). The SMILES string of the molecule is CC(C)(C)OOc1ccc(C(C)(C)c2ccccc2)cc1. The molecular weight excluding hydrogens is 260 g/mol. The second-order valence-electron chi connectivity index (χ2n) is 6.79. The molecule has 2 heteroatoms. The average Bonchev–Trinajstić information content (AvgIpc) is 2.46. The van der Waals surface area contributed by atoms with Crippen molar-refractivity contribution in [1.29, 1.82) is 0 Å². The summed E-state index contributed by atoms with van der Waals surface area (Å²) >= 11 is 0. The lowest BCUT2D eigenvalue weighted by molar-refractivity contribution is -0.274. The quantitative estimate of drug-likeness (QED) is 0.573. The van der Waals surface area contributed by atoms with Gasteiger partial charge in [0.15, 0.2) is 5.75 Å². The van der Waals surface area contributed by atoms with Gasteiger partial charge in [0.2, 0.25) is 0 Å². The van der Waals surface area contributed by atoms with Crippen molar-refractivity contribution in [2.24, 2.45) is 0 Å². The van der Waals surface area contributed by atoms with Crippen molar-refractivity contribution in [3.05, 3.63) is 65.7 Å². The molecule has 0 radical (unpaired) electrons. The summed E-state index contributed by atoms with van der Waals surface area (Å²) in [5.74, 6) is 0.720. The van der Waals surface area contributed by atoms with Crippen molar-refractivity contribution in [1.82, 2.24) is 0 Å². The molecule has 2 aromatic carbocycles. The number of hydrogen-bond donors (Lipinski definition) is 0. The van der Waals surface area contributed by atoms with E-state index in [1.807, 2.05) is 39.0 Å². The van der Waals surface area contributed by atoms with Gasteiger partial charge in [-0.3, -0.25) is 0 Å². The topological polar surface area (TPSA) is 18.5 Å². The summed E-state index contributed by atoms with van der Waals surface area (Å²) in [7, 11) is 0. The molecule has 0 amide bonds. The van der Waals surface area contributed by atoms with E-state index in [-0.39, 0.29) is 11.0 Å². The van der Waals surface area contributed by atoms with E-state index in [4.69, 9.17) is 9.78 Å². The third-order valence-electron chi connectivity index (χ3n) is 3.46. The highest BCUT2D eigenvalue weighted by Crippen LogP contribution is 2.32. The summed E-state index contributed by atoms with van der Waals surface area (Å²) in [6, 6.07) is 18.6. The maximum atomic E-state index is 5.34. The third kappa shape index (κ3) is 4.08. The lowest BCUT2D eigenvalue weighted by Crippen LogP contribution is -2.21. The Morgan fingerprint density at radius 3 is 1.71 bits per heavy atom. The van der Waals surface area contributed by atoms with Crippen molar-refractivity contribution in [2.75, 3.05) is 0 Å². The van der Waals surface area contributed by atoms with Gasteiger partial charge in [0, 0.05) is 5.41 Å². The van der Waals surface area contributed by atoms with Gasteiger partial charge >= 0.3 is 0 Å². The number of hydrogen-bond acceptors (Lipinski definition) is 2. The molecule has 0 unspecified atom stereocenters. The van der Waals surface area contributed by atoms with Gasteiger partial charge in [-0.25, -0.2) is 0 Å². The molecule has 0 N–H and O–H groups in total. The summed E-state index contributed by atoms with van der Waals surface area (Å²) in [5, 5.41) is 0.